The van der Waals surface area contributed by atoms with Gasteiger partial charge in [-0.15, -0.1) is 0 Å². The lowest BCUT2D eigenvalue weighted by molar-refractivity contribution is -0.385. The Kier molecular flexibility index (Phi) is 6.26. The van der Waals surface area contributed by atoms with E-state index in [1.54, 1.807) is 30.5 Å². The first kappa shape index (κ1) is 19.8. The van der Waals surface area contributed by atoms with E-state index >= 15 is 0 Å². The Balaban J connectivity index is 1.48. The molecule has 12 heteroatoms. The number of rotatable bonds is 8. The molecule has 146 valence electrons. The molecule has 3 rings (SSSR count). The van der Waals surface area contributed by atoms with Crippen molar-refractivity contribution in [3.8, 4) is 5.75 Å². The van der Waals surface area contributed by atoms with Crippen LogP contribution in [0.1, 0.15) is 10.5 Å². The van der Waals surface area contributed by atoms with E-state index < -0.39 is 4.92 Å². The summed E-state index contributed by atoms with van der Waals surface area (Å²) >= 11 is 9.40. The summed E-state index contributed by atoms with van der Waals surface area (Å²) in [5.74, 6) is 0.127. The van der Waals surface area contributed by atoms with Crippen LogP contribution in [0.4, 0.5) is 5.69 Å². The summed E-state index contributed by atoms with van der Waals surface area (Å²) in [6.07, 6.45) is 4.06. The van der Waals surface area contributed by atoms with Crippen molar-refractivity contribution >= 4 is 39.1 Å². The van der Waals surface area contributed by atoms with E-state index in [0.717, 1.165) is 10.7 Å². The molecule has 0 saturated heterocycles. The van der Waals surface area contributed by atoms with Crippen LogP contribution < -0.4 is 10.1 Å². The summed E-state index contributed by atoms with van der Waals surface area (Å²) in [5, 5.41) is 21.7. The van der Waals surface area contributed by atoms with Gasteiger partial charge in [0.05, 0.1) is 16.5 Å². The van der Waals surface area contributed by atoms with Crippen molar-refractivity contribution < 1.29 is 14.5 Å². The summed E-state index contributed by atoms with van der Waals surface area (Å²) < 4.78 is 9.27. The number of nitro groups is 1. The first-order chi connectivity index (χ1) is 13.4. The number of halogens is 2. The Morgan fingerprint density at radius 2 is 2.18 bits per heavy atom. The number of amides is 1. The molecule has 0 fully saturated rings. The second kappa shape index (κ2) is 8.85. The Hall–Kier alpha value is -2.92. The van der Waals surface area contributed by atoms with Gasteiger partial charge in [-0.1, -0.05) is 27.5 Å². The lowest BCUT2D eigenvalue weighted by Gasteiger charge is -2.08. The summed E-state index contributed by atoms with van der Waals surface area (Å²) in [5.41, 5.74) is 0.118. The van der Waals surface area contributed by atoms with E-state index in [4.69, 9.17) is 16.3 Å². The third-order valence-electron chi connectivity index (χ3n) is 3.58. The average molecular weight is 470 g/mol. The number of nitrogens with one attached hydrogen (secondary N) is 1. The van der Waals surface area contributed by atoms with Crippen molar-refractivity contribution in [3.05, 3.63) is 68.2 Å². The van der Waals surface area contributed by atoms with E-state index in [1.165, 1.54) is 15.6 Å². The molecule has 0 spiro atoms. The average Bonchev–Trinajstić information content (AvgIpc) is 3.30. The van der Waals surface area contributed by atoms with Crippen LogP contribution >= 0.6 is 27.5 Å². The smallest absolute Gasteiger partial charge is 0.306 e. The van der Waals surface area contributed by atoms with E-state index in [9.17, 15) is 14.9 Å². The second-order valence-corrected chi connectivity index (χ2v) is 6.89. The normalized spacial score (nSPS) is 10.6. The molecule has 0 bridgehead atoms. The fourth-order valence-corrected chi connectivity index (χ4v) is 2.95. The lowest BCUT2D eigenvalue weighted by Crippen LogP contribution is -2.28. The molecule has 10 nitrogen and oxygen atoms in total. The molecule has 0 atom stereocenters. The van der Waals surface area contributed by atoms with Crippen molar-refractivity contribution in [1.82, 2.24) is 24.9 Å². The number of carbonyl (C=O) groups is 1. The fraction of sp³-hybridized carbons (Fsp3) is 0.188. The zero-order chi connectivity index (χ0) is 20.1. The van der Waals surface area contributed by atoms with Crippen LogP contribution in [-0.4, -0.2) is 36.9 Å². The molecule has 0 radical (unpaired) electrons. The largest absolute Gasteiger partial charge is 0.470 e. The minimum atomic E-state index is -0.530. The maximum atomic E-state index is 12.1. The zero-order valence-electron chi connectivity index (χ0n) is 14.3. The number of benzene rings is 1. The molecule has 0 aliphatic carbocycles. The van der Waals surface area contributed by atoms with E-state index in [-0.39, 0.29) is 30.6 Å². The fourth-order valence-electron chi connectivity index (χ4n) is 2.23. The minimum Gasteiger partial charge on any atom is -0.470 e. The van der Waals surface area contributed by atoms with E-state index in [0.29, 0.717) is 17.3 Å². The molecule has 1 N–H and O–H groups in total. The van der Waals surface area contributed by atoms with Crippen LogP contribution in [0.15, 0.2) is 47.3 Å². The van der Waals surface area contributed by atoms with Gasteiger partial charge in [0.1, 0.15) is 23.8 Å². The van der Waals surface area contributed by atoms with Crippen LogP contribution in [-0.2, 0) is 13.3 Å². The molecule has 2 aromatic heterocycles. The van der Waals surface area contributed by atoms with Gasteiger partial charge in [-0.05, 0) is 24.3 Å². The van der Waals surface area contributed by atoms with Crippen LogP contribution in [0.25, 0.3) is 0 Å². The number of hydrogen-bond acceptors (Lipinski definition) is 6. The maximum Gasteiger partial charge on any atom is 0.306 e. The molecule has 0 saturated carbocycles. The van der Waals surface area contributed by atoms with Gasteiger partial charge >= 0.3 is 5.69 Å². The zero-order valence-corrected chi connectivity index (χ0v) is 16.6. The van der Waals surface area contributed by atoms with E-state index in [2.05, 4.69) is 31.4 Å². The van der Waals surface area contributed by atoms with Crippen molar-refractivity contribution in [2.24, 2.45) is 0 Å². The van der Waals surface area contributed by atoms with Gasteiger partial charge in [0.25, 0.3) is 5.91 Å². The van der Waals surface area contributed by atoms with Crippen molar-refractivity contribution in [3.63, 3.8) is 0 Å². The molecule has 28 heavy (non-hydrogen) atoms. The van der Waals surface area contributed by atoms with Crippen molar-refractivity contribution in [2.75, 3.05) is 6.54 Å². The summed E-state index contributed by atoms with van der Waals surface area (Å²) in [6.45, 7) is 0.632. The number of nitrogens with zero attached hydrogens (tertiary/aromatic N) is 5. The molecule has 2 heterocycles. The van der Waals surface area contributed by atoms with Crippen molar-refractivity contribution in [1.29, 1.82) is 0 Å². The lowest BCUT2D eigenvalue weighted by atomic mass is 10.3. The molecular formula is C16H14BrClN6O4. The highest BCUT2D eigenvalue weighted by Gasteiger charge is 2.11. The predicted octanol–water partition coefficient (Wildman–Crippen LogP) is 2.87. The van der Waals surface area contributed by atoms with E-state index in [1.807, 2.05) is 0 Å². The molecule has 1 aromatic carbocycles. The van der Waals surface area contributed by atoms with Crippen LogP contribution in [0.2, 0.25) is 5.02 Å². The third kappa shape index (κ3) is 5.08. The van der Waals surface area contributed by atoms with Crippen LogP contribution in [0.3, 0.4) is 0 Å². The Morgan fingerprint density at radius 1 is 1.36 bits per heavy atom. The number of aromatic nitrogens is 4. The van der Waals surface area contributed by atoms with Gasteiger partial charge in [-0.3, -0.25) is 19.6 Å². The van der Waals surface area contributed by atoms with Crippen LogP contribution in [0.5, 0.6) is 5.75 Å². The minimum absolute atomic E-state index is 0.0889. The second-order valence-electron chi connectivity index (χ2n) is 5.56. The van der Waals surface area contributed by atoms with Crippen LogP contribution in [0, 0.1) is 10.1 Å². The molecule has 3 aromatic rings. The first-order valence-electron chi connectivity index (χ1n) is 7.99. The topological polar surface area (TPSA) is 117 Å². The highest BCUT2D eigenvalue weighted by atomic mass is 79.9. The molecular weight excluding hydrogens is 456 g/mol. The molecule has 0 aliphatic heterocycles. The molecule has 0 unspecified atom stereocenters. The predicted molar refractivity (Wildman–Crippen MR) is 103 cm³/mol. The first-order valence-corrected chi connectivity index (χ1v) is 9.16. The summed E-state index contributed by atoms with van der Waals surface area (Å²) in [6, 6.07) is 6.80. The number of ether oxygens (including phenoxy) is 1. The SMILES string of the molecule is O=C(NCCn1cc([N+](=O)[O-])cn1)c1ccn(COc2ccc(Br)cc2Cl)n1. The summed E-state index contributed by atoms with van der Waals surface area (Å²) in [7, 11) is 0. The van der Waals surface area contributed by atoms with Gasteiger partial charge in [0, 0.05) is 17.2 Å². The van der Waals surface area contributed by atoms with Crippen molar-refractivity contribution in [2.45, 2.75) is 13.3 Å². The Morgan fingerprint density at radius 3 is 2.89 bits per heavy atom. The van der Waals surface area contributed by atoms with Gasteiger partial charge < -0.3 is 10.1 Å². The molecule has 1 amide bonds. The maximum absolute atomic E-state index is 12.1. The van der Waals surface area contributed by atoms with Gasteiger partial charge in [0.15, 0.2) is 6.73 Å². The highest BCUT2D eigenvalue weighted by molar-refractivity contribution is 9.10. The number of carbonyl (C=O) groups excluding carboxylic acids is 1. The molecule has 0 aliphatic rings. The van der Waals surface area contributed by atoms with Gasteiger partial charge in [-0.2, -0.15) is 10.2 Å². The third-order valence-corrected chi connectivity index (χ3v) is 4.37. The van der Waals surface area contributed by atoms with Gasteiger partial charge in [-0.25, -0.2) is 4.68 Å². The Labute approximate surface area is 172 Å². The number of hydrogen-bond donors (Lipinski definition) is 1. The quantitative estimate of drug-likeness (QED) is 0.400. The Bertz CT molecular complexity index is 1000. The summed E-state index contributed by atoms with van der Waals surface area (Å²) in [4.78, 5) is 22.2. The standard InChI is InChI=1S/C16H14BrClN6O4/c17-11-1-2-15(13(18)7-11)28-10-23-5-3-14(21-23)16(25)19-4-6-22-9-12(8-20-22)24(26)27/h1-3,5,7-9H,4,6,10H2,(H,19,25). The van der Waals surface area contributed by atoms with Gasteiger partial charge in [0.2, 0.25) is 0 Å². The highest BCUT2D eigenvalue weighted by Crippen LogP contribution is 2.27. The monoisotopic (exact) mass is 468 g/mol.